The average Bonchev–Trinajstić information content (AvgIpc) is 2.70. The summed E-state index contributed by atoms with van der Waals surface area (Å²) in [4.78, 5) is 49.2. The topological polar surface area (TPSA) is 116 Å². The number of hydrogen-bond acceptors (Lipinski definition) is 6. The van der Waals surface area contributed by atoms with Crippen molar-refractivity contribution in [1.29, 1.82) is 0 Å². The second-order valence-electron chi connectivity index (χ2n) is 6.32. The molecule has 0 spiro atoms. The molecule has 1 N–H and O–H groups in total. The van der Waals surface area contributed by atoms with Crippen molar-refractivity contribution in [2.24, 2.45) is 0 Å². The standard InChI is InChI=1S/C21H17BrN2O6/c1-2-12-3-6-15(7-4-12)24-20(28)16(19(27)23-21(24)29)10-13-9-14(22)5-8-17(13)30-11-18(25)26/h3-10H,2,11H2,1H3,(H,25,26)(H,23,27,29)/p-1/b16-10-. The molecule has 1 heterocycles. The van der Waals surface area contributed by atoms with Crippen molar-refractivity contribution in [2.45, 2.75) is 13.3 Å². The number of halogens is 1. The molecule has 30 heavy (non-hydrogen) atoms. The Hall–Kier alpha value is -3.46. The fourth-order valence-electron chi connectivity index (χ4n) is 2.83. The van der Waals surface area contributed by atoms with Gasteiger partial charge in [0, 0.05) is 10.0 Å². The Morgan fingerprint density at radius 2 is 1.87 bits per heavy atom. The van der Waals surface area contributed by atoms with Gasteiger partial charge in [-0.1, -0.05) is 35.0 Å². The highest BCUT2D eigenvalue weighted by molar-refractivity contribution is 9.10. The summed E-state index contributed by atoms with van der Waals surface area (Å²) in [5, 5.41) is 12.8. The number of carbonyl (C=O) groups excluding carboxylic acids is 4. The first-order valence-electron chi connectivity index (χ1n) is 8.92. The van der Waals surface area contributed by atoms with Crippen LogP contribution in [0.15, 0.2) is 52.5 Å². The first kappa shape index (κ1) is 21.3. The predicted molar refractivity (Wildman–Crippen MR) is 109 cm³/mol. The van der Waals surface area contributed by atoms with E-state index in [1.807, 2.05) is 6.92 Å². The number of benzene rings is 2. The minimum absolute atomic E-state index is 0.131. The SMILES string of the molecule is CCc1ccc(N2C(=O)NC(=O)/C(=C/c3cc(Br)ccc3OCC(=O)[O-])C2=O)cc1. The van der Waals surface area contributed by atoms with E-state index in [0.29, 0.717) is 10.2 Å². The van der Waals surface area contributed by atoms with E-state index in [1.54, 1.807) is 36.4 Å². The Morgan fingerprint density at radius 1 is 1.17 bits per heavy atom. The summed E-state index contributed by atoms with van der Waals surface area (Å²) in [5.74, 6) is -2.96. The molecule has 0 atom stereocenters. The van der Waals surface area contributed by atoms with E-state index in [-0.39, 0.29) is 16.9 Å². The highest BCUT2D eigenvalue weighted by atomic mass is 79.9. The third kappa shape index (κ3) is 4.57. The lowest BCUT2D eigenvalue weighted by molar-refractivity contribution is -0.307. The molecule has 0 radical (unpaired) electrons. The summed E-state index contributed by atoms with van der Waals surface area (Å²) in [5.41, 5.74) is 1.32. The molecule has 1 saturated heterocycles. The van der Waals surface area contributed by atoms with E-state index < -0.39 is 30.4 Å². The second kappa shape index (κ2) is 8.91. The molecule has 0 bridgehead atoms. The van der Waals surface area contributed by atoms with Crippen LogP contribution in [0.25, 0.3) is 6.08 Å². The maximum absolute atomic E-state index is 13.0. The number of imide groups is 2. The Balaban J connectivity index is 2.00. The van der Waals surface area contributed by atoms with Gasteiger partial charge in [-0.05, 0) is 48.4 Å². The molecule has 154 valence electrons. The van der Waals surface area contributed by atoms with E-state index in [9.17, 15) is 24.3 Å². The zero-order valence-corrected chi connectivity index (χ0v) is 17.4. The Morgan fingerprint density at radius 3 is 2.50 bits per heavy atom. The van der Waals surface area contributed by atoms with Gasteiger partial charge in [-0.3, -0.25) is 14.9 Å². The minimum Gasteiger partial charge on any atom is -0.546 e. The molecule has 1 aliphatic rings. The van der Waals surface area contributed by atoms with Crippen LogP contribution in [-0.4, -0.2) is 30.4 Å². The van der Waals surface area contributed by atoms with E-state index in [1.165, 1.54) is 12.1 Å². The highest BCUT2D eigenvalue weighted by Crippen LogP contribution is 2.28. The van der Waals surface area contributed by atoms with Crippen LogP contribution in [0.1, 0.15) is 18.1 Å². The first-order valence-corrected chi connectivity index (χ1v) is 9.72. The van der Waals surface area contributed by atoms with Gasteiger partial charge in [0.15, 0.2) is 0 Å². The van der Waals surface area contributed by atoms with Crippen LogP contribution < -0.4 is 20.1 Å². The number of carboxylic acids is 1. The highest BCUT2D eigenvalue weighted by Gasteiger charge is 2.37. The number of barbiturate groups is 1. The van der Waals surface area contributed by atoms with Crippen molar-refractivity contribution in [2.75, 3.05) is 11.5 Å². The molecule has 4 amide bonds. The Labute approximate surface area is 180 Å². The molecule has 2 aromatic rings. The average molecular weight is 472 g/mol. The van der Waals surface area contributed by atoms with Crippen molar-refractivity contribution in [3.05, 3.63) is 63.6 Å². The number of rotatable bonds is 6. The molecule has 0 aromatic heterocycles. The van der Waals surface area contributed by atoms with Crippen LogP contribution in [0.2, 0.25) is 0 Å². The fourth-order valence-corrected chi connectivity index (χ4v) is 3.21. The van der Waals surface area contributed by atoms with Gasteiger partial charge in [0.2, 0.25) is 0 Å². The van der Waals surface area contributed by atoms with Gasteiger partial charge in [-0.2, -0.15) is 0 Å². The lowest BCUT2D eigenvalue weighted by atomic mass is 10.1. The number of urea groups is 1. The summed E-state index contributed by atoms with van der Waals surface area (Å²) in [6.07, 6.45) is 2.04. The van der Waals surface area contributed by atoms with Crippen molar-refractivity contribution in [3.8, 4) is 5.75 Å². The van der Waals surface area contributed by atoms with Gasteiger partial charge in [-0.15, -0.1) is 0 Å². The predicted octanol–water partition coefficient (Wildman–Crippen LogP) is 1.81. The zero-order chi connectivity index (χ0) is 21.8. The van der Waals surface area contributed by atoms with E-state index in [2.05, 4.69) is 21.2 Å². The van der Waals surface area contributed by atoms with Crippen LogP contribution in [0, 0.1) is 0 Å². The van der Waals surface area contributed by atoms with Crippen molar-refractivity contribution >= 4 is 51.5 Å². The second-order valence-corrected chi connectivity index (χ2v) is 7.24. The largest absolute Gasteiger partial charge is 0.546 e. The van der Waals surface area contributed by atoms with Crippen LogP contribution in [0.3, 0.4) is 0 Å². The van der Waals surface area contributed by atoms with Crippen LogP contribution in [0.5, 0.6) is 5.75 Å². The summed E-state index contributed by atoms with van der Waals surface area (Å²) in [6.45, 7) is 1.28. The van der Waals surface area contributed by atoms with Gasteiger partial charge in [0.1, 0.15) is 17.9 Å². The van der Waals surface area contributed by atoms with E-state index >= 15 is 0 Å². The van der Waals surface area contributed by atoms with Gasteiger partial charge >= 0.3 is 6.03 Å². The number of carbonyl (C=O) groups is 4. The van der Waals surface area contributed by atoms with Crippen LogP contribution >= 0.6 is 15.9 Å². The van der Waals surface area contributed by atoms with E-state index in [4.69, 9.17) is 4.74 Å². The molecule has 2 aromatic carbocycles. The number of ether oxygens (including phenoxy) is 1. The third-order valence-electron chi connectivity index (χ3n) is 4.32. The number of amides is 4. The summed E-state index contributed by atoms with van der Waals surface area (Å²) in [7, 11) is 0. The number of aryl methyl sites for hydroxylation is 1. The molecule has 1 fully saturated rings. The lowest BCUT2D eigenvalue weighted by Gasteiger charge is -2.26. The number of hydrogen-bond donors (Lipinski definition) is 1. The number of aliphatic carboxylic acids is 1. The monoisotopic (exact) mass is 471 g/mol. The zero-order valence-electron chi connectivity index (χ0n) is 15.8. The molecular weight excluding hydrogens is 456 g/mol. The smallest absolute Gasteiger partial charge is 0.335 e. The molecule has 0 aliphatic carbocycles. The maximum atomic E-state index is 13.0. The number of anilines is 1. The molecule has 0 saturated carbocycles. The molecular formula is C21H16BrN2O6-. The summed E-state index contributed by atoms with van der Waals surface area (Å²) in [6, 6.07) is 10.6. The third-order valence-corrected chi connectivity index (χ3v) is 4.81. The van der Waals surface area contributed by atoms with Crippen LogP contribution in [-0.2, 0) is 20.8 Å². The molecule has 3 rings (SSSR count). The molecule has 0 unspecified atom stereocenters. The quantitative estimate of drug-likeness (QED) is 0.507. The summed E-state index contributed by atoms with van der Waals surface area (Å²) < 4.78 is 5.79. The lowest BCUT2D eigenvalue weighted by Crippen LogP contribution is -2.54. The number of nitrogens with one attached hydrogen (secondary N) is 1. The number of nitrogens with zero attached hydrogens (tertiary/aromatic N) is 1. The van der Waals surface area contributed by atoms with E-state index in [0.717, 1.165) is 16.9 Å². The van der Waals surface area contributed by atoms with Crippen molar-refractivity contribution in [1.82, 2.24) is 5.32 Å². The first-order chi connectivity index (χ1) is 14.3. The Bertz CT molecular complexity index is 1060. The molecule has 9 heteroatoms. The van der Waals surface area contributed by atoms with Crippen molar-refractivity contribution < 1.29 is 29.0 Å². The maximum Gasteiger partial charge on any atom is 0.335 e. The summed E-state index contributed by atoms with van der Waals surface area (Å²) >= 11 is 3.28. The molecule has 1 aliphatic heterocycles. The minimum atomic E-state index is -1.42. The van der Waals surface area contributed by atoms with Crippen molar-refractivity contribution in [3.63, 3.8) is 0 Å². The normalized spacial score (nSPS) is 15.3. The van der Waals surface area contributed by atoms with Gasteiger partial charge in [-0.25, -0.2) is 9.69 Å². The number of carboxylic acid groups (broad SMARTS) is 1. The van der Waals surface area contributed by atoms with Gasteiger partial charge in [0.25, 0.3) is 11.8 Å². The van der Waals surface area contributed by atoms with Gasteiger partial charge in [0.05, 0.1) is 11.7 Å². The fraction of sp³-hybridized carbons (Fsp3) is 0.143. The van der Waals surface area contributed by atoms with Crippen LogP contribution in [0.4, 0.5) is 10.5 Å². The van der Waals surface area contributed by atoms with Gasteiger partial charge < -0.3 is 14.6 Å². The Kier molecular flexibility index (Phi) is 6.31. The molecule has 8 nitrogen and oxygen atoms in total.